The first-order valence-corrected chi connectivity index (χ1v) is 9.82. The molecule has 1 N–H and O–H groups in total. The molecule has 1 aliphatic rings. The van der Waals surface area contributed by atoms with Crippen LogP contribution in [0.3, 0.4) is 0 Å². The minimum atomic E-state index is -3.15. The number of carbonyl (C=O) groups excluding carboxylic acids is 1. The number of carbonyl (C=O) groups is 1. The van der Waals surface area contributed by atoms with E-state index >= 15 is 0 Å². The van der Waals surface area contributed by atoms with Gasteiger partial charge in [0, 0.05) is 37.4 Å². The highest BCUT2D eigenvalue weighted by atomic mass is 32.2. The van der Waals surface area contributed by atoms with Crippen LogP contribution in [-0.2, 0) is 10.0 Å². The summed E-state index contributed by atoms with van der Waals surface area (Å²) in [4.78, 5) is 17.2. The number of piperidine rings is 1. The number of imidazole rings is 1. The monoisotopic (exact) mass is 342 g/mol. The van der Waals surface area contributed by atoms with Gasteiger partial charge in [-0.3, -0.25) is 9.20 Å². The van der Waals surface area contributed by atoms with Crippen molar-refractivity contribution in [3.8, 4) is 0 Å². The van der Waals surface area contributed by atoms with E-state index < -0.39 is 10.0 Å². The maximum absolute atomic E-state index is 12.1. The Morgan fingerprint density at radius 3 is 3.09 bits per heavy atom. The Labute approximate surface area is 133 Å². The van der Waals surface area contributed by atoms with Crippen LogP contribution in [0.1, 0.15) is 23.3 Å². The second-order valence-corrected chi connectivity index (χ2v) is 8.41. The molecule has 0 aliphatic carbocycles. The number of fused-ring (bicyclic) bond motifs is 1. The van der Waals surface area contributed by atoms with Crippen LogP contribution in [0.5, 0.6) is 0 Å². The van der Waals surface area contributed by atoms with Crippen LogP contribution in [0.25, 0.3) is 4.96 Å². The molecule has 2 aromatic heterocycles. The fourth-order valence-electron chi connectivity index (χ4n) is 2.66. The van der Waals surface area contributed by atoms with E-state index in [-0.39, 0.29) is 11.8 Å². The molecule has 0 unspecified atom stereocenters. The average molecular weight is 342 g/mol. The van der Waals surface area contributed by atoms with Crippen molar-refractivity contribution in [2.75, 3.05) is 25.9 Å². The van der Waals surface area contributed by atoms with Crippen LogP contribution < -0.4 is 5.32 Å². The van der Waals surface area contributed by atoms with Gasteiger partial charge in [0.25, 0.3) is 5.91 Å². The first kappa shape index (κ1) is 15.4. The number of hydrogen-bond acceptors (Lipinski definition) is 5. The van der Waals surface area contributed by atoms with E-state index in [9.17, 15) is 13.2 Å². The SMILES string of the molecule is CS(=O)(=O)N1CCC[C@@H](CNC(=O)c2cn3ccsc3n2)C1. The molecule has 1 amide bonds. The first-order valence-electron chi connectivity index (χ1n) is 7.09. The number of amides is 1. The Morgan fingerprint density at radius 1 is 1.55 bits per heavy atom. The largest absolute Gasteiger partial charge is 0.350 e. The smallest absolute Gasteiger partial charge is 0.271 e. The highest BCUT2D eigenvalue weighted by Crippen LogP contribution is 2.18. The van der Waals surface area contributed by atoms with Crippen LogP contribution in [0, 0.1) is 5.92 Å². The number of nitrogens with one attached hydrogen (secondary N) is 1. The predicted molar refractivity (Wildman–Crippen MR) is 84.5 cm³/mol. The molecule has 3 heterocycles. The summed E-state index contributed by atoms with van der Waals surface area (Å²) in [6, 6.07) is 0. The molecule has 0 saturated carbocycles. The van der Waals surface area contributed by atoms with Crippen molar-refractivity contribution in [2.24, 2.45) is 5.92 Å². The highest BCUT2D eigenvalue weighted by Gasteiger charge is 2.26. The van der Waals surface area contributed by atoms with Gasteiger partial charge >= 0.3 is 0 Å². The third kappa shape index (κ3) is 3.31. The molecular formula is C13H18N4O3S2. The van der Waals surface area contributed by atoms with E-state index in [2.05, 4.69) is 10.3 Å². The summed E-state index contributed by atoms with van der Waals surface area (Å²) in [5, 5.41) is 4.77. The van der Waals surface area contributed by atoms with Gasteiger partial charge in [-0.15, -0.1) is 11.3 Å². The molecule has 0 spiro atoms. The lowest BCUT2D eigenvalue weighted by atomic mass is 10.00. The highest BCUT2D eigenvalue weighted by molar-refractivity contribution is 7.88. The van der Waals surface area contributed by atoms with Gasteiger partial charge in [-0.05, 0) is 18.8 Å². The lowest BCUT2D eigenvalue weighted by Gasteiger charge is -2.30. The maximum Gasteiger partial charge on any atom is 0.271 e. The quantitative estimate of drug-likeness (QED) is 0.891. The molecule has 1 atom stereocenters. The van der Waals surface area contributed by atoms with Gasteiger partial charge in [0.1, 0.15) is 5.69 Å². The van der Waals surface area contributed by atoms with Crippen molar-refractivity contribution in [3.63, 3.8) is 0 Å². The minimum Gasteiger partial charge on any atom is -0.350 e. The summed E-state index contributed by atoms with van der Waals surface area (Å²) in [6.07, 6.45) is 6.53. The van der Waals surface area contributed by atoms with Crippen molar-refractivity contribution in [1.82, 2.24) is 19.0 Å². The van der Waals surface area contributed by atoms with Gasteiger partial charge in [0.05, 0.1) is 6.26 Å². The minimum absolute atomic E-state index is 0.149. The maximum atomic E-state index is 12.1. The van der Waals surface area contributed by atoms with Gasteiger partial charge in [-0.1, -0.05) is 0 Å². The van der Waals surface area contributed by atoms with Crippen LogP contribution in [-0.4, -0.2) is 53.9 Å². The summed E-state index contributed by atoms with van der Waals surface area (Å²) >= 11 is 1.47. The fraction of sp³-hybridized carbons (Fsp3) is 0.538. The van der Waals surface area contributed by atoms with Crippen molar-refractivity contribution in [1.29, 1.82) is 0 Å². The molecule has 1 fully saturated rings. The predicted octanol–water partition coefficient (Wildman–Crippen LogP) is 0.797. The first-order chi connectivity index (χ1) is 10.4. The van der Waals surface area contributed by atoms with Crippen molar-refractivity contribution in [3.05, 3.63) is 23.5 Å². The zero-order chi connectivity index (χ0) is 15.7. The van der Waals surface area contributed by atoms with Crippen LogP contribution in [0.2, 0.25) is 0 Å². The molecule has 1 saturated heterocycles. The molecule has 0 radical (unpaired) electrons. The number of sulfonamides is 1. The third-order valence-electron chi connectivity index (χ3n) is 3.83. The Balaban J connectivity index is 1.57. The zero-order valence-corrected chi connectivity index (χ0v) is 13.9. The van der Waals surface area contributed by atoms with Crippen LogP contribution in [0.4, 0.5) is 0 Å². The molecule has 0 bridgehead atoms. The molecule has 2 aromatic rings. The Hall–Kier alpha value is -1.45. The van der Waals surface area contributed by atoms with Gasteiger partial charge < -0.3 is 5.32 Å². The molecule has 22 heavy (non-hydrogen) atoms. The summed E-state index contributed by atoms with van der Waals surface area (Å²) in [7, 11) is -3.15. The summed E-state index contributed by atoms with van der Waals surface area (Å²) in [5.74, 6) is -0.0662. The number of aromatic nitrogens is 2. The second-order valence-electron chi connectivity index (χ2n) is 5.56. The molecule has 1 aliphatic heterocycles. The second kappa shape index (κ2) is 5.98. The Kier molecular flexibility index (Phi) is 4.20. The van der Waals surface area contributed by atoms with Gasteiger partial charge in [-0.2, -0.15) is 0 Å². The fourth-order valence-corrected chi connectivity index (χ4v) is 4.30. The van der Waals surface area contributed by atoms with Crippen LogP contribution in [0.15, 0.2) is 17.8 Å². The van der Waals surface area contributed by atoms with Gasteiger partial charge in [0.2, 0.25) is 10.0 Å². The zero-order valence-electron chi connectivity index (χ0n) is 12.2. The lowest BCUT2D eigenvalue weighted by molar-refractivity contribution is 0.0937. The van der Waals surface area contributed by atoms with Crippen molar-refractivity contribution in [2.45, 2.75) is 12.8 Å². The van der Waals surface area contributed by atoms with E-state index in [1.54, 1.807) is 6.20 Å². The van der Waals surface area contributed by atoms with Gasteiger partial charge in [0.15, 0.2) is 4.96 Å². The number of nitrogens with zero attached hydrogens (tertiary/aromatic N) is 3. The number of rotatable bonds is 4. The molecule has 0 aromatic carbocycles. The Morgan fingerprint density at radius 2 is 2.36 bits per heavy atom. The molecule has 3 rings (SSSR count). The summed E-state index contributed by atoms with van der Waals surface area (Å²) < 4.78 is 26.5. The standard InChI is InChI=1S/C13H18N4O3S2/c1-22(19,20)17-4-2-3-10(8-17)7-14-12(18)11-9-16-5-6-21-13(16)15-11/h5-6,9-10H,2-4,7-8H2,1H3,(H,14,18)/t10-/m0/s1. The molecule has 120 valence electrons. The van der Waals surface area contributed by atoms with E-state index in [1.165, 1.54) is 21.9 Å². The summed E-state index contributed by atoms with van der Waals surface area (Å²) in [6.45, 7) is 1.51. The molecule has 7 nitrogen and oxygen atoms in total. The van der Waals surface area contributed by atoms with Crippen molar-refractivity contribution >= 4 is 32.2 Å². The lowest BCUT2D eigenvalue weighted by Crippen LogP contribution is -2.43. The number of hydrogen-bond donors (Lipinski definition) is 1. The van der Waals surface area contributed by atoms with Gasteiger partial charge in [-0.25, -0.2) is 17.7 Å². The van der Waals surface area contributed by atoms with E-state index in [4.69, 9.17) is 0 Å². The van der Waals surface area contributed by atoms with E-state index in [0.29, 0.717) is 25.3 Å². The topological polar surface area (TPSA) is 83.8 Å². The summed E-state index contributed by atoms with van der Waals surface area (Å²) in [5.41, 5.74) is 0.391. The average Bonchev–Trinajstić information content (AvgIpc) is 3.05. The normalized spacial score (nSPS) is 20.3. The molecular weight excluding hydrogens is 324 g/mol. The van der Waals surface area contributed by atoms with E-state index in [1.807, 2.05) is 16.0 Å². The molecule has 9 heteroatoms. The van der Waals surface area contributed by atoms with Crippen molar-refractivity contribution < 1.29 is 13.2 Å². The number of thiazole rings is 1. The Bertz CT molecular complexity index is 752. The third-order valence-corrected chi connectivity index (χ3v) is 5.87. The van der Waals surface area contributed by atoms with E-state index in [0.717, 1.165) is 17.8 Å². The van der Waals surface area contributed by atoms with Crippen LogP contribution >= 0.6 is 11.3 Å².